The lowest BCUT2D eigenvalue weighted by molar-refractivity contribution is -0.00461. The predicted octanol–water partition coefficient (Wildman–Crippen LogP) is -0.380. The molecule has 3 heteroatoms. The van der Waals surface area contributed by atoms with Crippen molar-refractivity contribution in [3.05, 3.63) is 0 Å². The largest absolute Gasteiger partial charge is 0.377 e. The van der Waals surface area contributed by atoms with Gasteiger partial charge in [0.2, 0.25) is 0 Å². The van der Waals surface area contributed by atoms with Crippen molar-refractivity contribution in [1.29, 1.82) is 0 Å². The molecule has 0 bridgehead atoms. The number of nitrogens with one attached hydrogen (secondary N) is 1. The molecular formula is C6H13NO2. The molecule has 0 saturated carbocycles. The summed E-state index contributed by atoms with van der Waals surface area (Å²) in [6, 6.07) is 0. The highest BCUT2D eigenvalue weighted by atomic mass is 16.5. The van der Waals surface area contributed by atoms with Gasteiger partial charge in [-0.05, 0) is 0 Å². The lowest BCUT2D eigenvalue weighted by Gasteiger charge is -2.14. The third-order valence-electron chi connectivity index (χ3n) is 1.71. The summed E-state index contributed by atoms with van der Waals surface area (Å²) in [6.07, 6.45) is 0.491. The van der Waals surface area contributed by atoms with Crippen LogP contribution >= 0.6 is 0 Å². The van der Waals surface area contributed by atoms with E-state index < -0.39 is 0 Å². The first kappa shape index (κ1) is 6.99. The van der Waals surface area contributed by atoms with Crippen LogP contribution in [0.15, 0.2) is 0 Å². The standard InChI is InChI=1S/C6H13NO2/c1-8-5-3-7-4-6(5)9-2/h5-7H,3-4H2,1-2H3/t5-,6+. The monoisotopic (exact) mass is 131 g/mol. The number of rotatable bonds is 2. The van der Waals surface area contributed by atoms with E-state index in [2.05, 4.69) is 5.32 Å². The fourth-order valence-electron chi connectivity index (χ4n) is 1.10. The Bertz CT molecular complexity index is 77.1. The Morgan fingerprint density at radius 1 is 1.11 bits per heavy atom. The van der Waals surface area contributed by atoms with Crippen LogP contribution in [0.4, 0.5) is 0 Å². The van der Waals surface area contributed by atoms with Gasteiger partial charge in [0, 0.05) is 27.3 Å². The second-order valence-corrected chi connectivity index (χ2v) is 2.21. The van der Waals surface area contributed by atoms with Crippen molar-refractivity contribution in [1.82, 2.24) is 5.32 Å². The molecule has 1 heterocycles. The Hall–Kier alpha value is -0.120. The van der Waals surface area contributed by atoms with Crippen LogP contribution in [0.2, 0.25) is 0 Å². The molecule has 0 spiro atoms. The van der Waals surface area contributed by atoms with Gasteiger partial charge in [0.15, 0.2) is 0 Å². The molecule has 1 N–H and O–H groups in total. The van der Waals surface area contributed by atoms with E-state index in [0.29, 0.717) is 0 Å². The molecule has 0 aliphatic carbocycles. The summed E-state index contributed by atoms with van der Waals surface area (Å²) in [4.78, 5) is 0. The molecule has 1 saturated heterocycles. The smallest absolute Gasteiger partial charge is 0.0969 e. The van der Waals surface area contributed by atoms with E-state index in [9.17, 15) is 0 Å². The zero-order valence-corrected chi connectivity index (χ0v) is 5.89. The van der Waals surface area contributed by atoms with Crippen LogP contribution in [-0.2, 0) is 9.47 Å². The topological polar surface area (TPSA) is 30.5 Å². The predicted molar refractivity (Wildman–Crippen MR) is 34.5 cm³/mol. The van der Waals surface area contributed by atoms with Crippen molar-refractivity contribution in [2.24, 2.45) is 0 Å². The van der Waals surface area contributed by atoms with Gasteiger partial charge in [-0.25, -0.2) is 0 Å². The zero-order valence-electron chi connectivity index (χ0n) is 5.89. The lowest BCUT2D eigenvalue weighted by atomic mass is 10.3. The Morgan fingerprint density at radius 2 is 1.56 bits per heavy atom. The summed E-state index contributed by atoms with van der Waals surface area (Å²) in [5.41, 5.74) is 0. The fourth-order valence-corrected chi connectivity index (χ4v) is 1.10. The zero-order chi connectivity index (χ0) is 6.69. The molecule has 0 aromatic heterocycles. The van der Waals surface area contributed by atoms with Crippen molar-refractivity contribution < 1.29 is 9.47 Å². The third-order valence-corrected chi connectivity index (χ3v) is 1.71. The van der Waals surface area contributed by atoms with Crippen LogP contribution in [0.25, 0.3) is 0 Å². The molecule has 9 heavy (non-hydrogen) atoms. The van der Waals surface area contributed by atoms with Crippen LogP contribution in [0.5, 0.6) is 0 Å². The minimum atomic E-state index is 0.245. The first-order chi connectivity index (χ1) is 4.38. The molecule has 54 valence electrons. The van der Waals surface area contributed by atoms with Crippen LogP contribution in [-0.4, -0.2) is 39.5 Å². The van der Waals surface area contributed by atoms with Crippen LogP contribution in [0, 0.1) is 0 Å². The Balaban J connectivity index is 2.32. The minimum Gasteiger partial charge on any atom is -0.377 e. The second-order valence-electron chi connectivity index (χ2n) is 2.21. The maximum absolute atomic E-state index is 5.13. The molecule has 0 radical (unpaired) electrons. The van der Waals surface area contributed by atoms with Crippen molar-refractivity contribution in [2.75, 3.05) is 27.3 Å². The lowest BCUT2D eigenvalue weighted by Crippen LogP contribution is -2.27. The molecule has 1 aliphatic heterocycles. The average Bonchev–Trinajstić information content (AvgIpc) is 2.33. The fraction of sp³-hybridized carbons (Fsp3) is 1.00. The van der Waals surface area contributed by atoms with Crippen LogP contribution < -0.4 is 5.32 Å². The highest BCUT2D eigenvalue weighted by molar-refractivity contribution is 4.81. The molecule has 0 unspecified atom stereocenters. The minimum absolute atomic E-state index is 0.245. The van der Waals surface area contributed by atoms with Crippen molar-refractivity contribution >= 4 is 0 Å². The van der Waals surface area contributed by atoms with E-state index in [4.69, 9.17) is 9.47 Å². The normalized spacial score (nSPS) is 35.3. The van der Waals surface area contributed by atoms with Gasteiger partial charge in [-0.1, -0.05) is 0 Å². The van der Waals surface area contributed by atoms with E-state index in [-0.39, 0.29) is 12.2 Å². The summed E-state index contributed by atoms with van der Waals surface area (Å²) >= 11 is 0. The van der Waals surface area contributed by atoms with Gasteiger partial charge in [-0.2, -0.15) is 0 Å². The SMILES string of the molecule is CO[C@H]1CNC[C@H]1OC. The highest BCUT2D eigenvalue weighted by Crippen LogP contribution is 2.05. The third kappa shape index (κ3) is 1.41. The van der Waals surface area contributed by atoms with Crippen molar-refractivity contribution in [3.63, 3.8) is 0 Å². The van der Waals surface area contributed by atoms with E-state index in [1.165, 1.54) is 0 Å². The van der Waals surface area contributed by atoms with Crippen molar-refractivity contribution in [2.45, 2.75) is 12.2 Å². The van der Waals surface area contributed by atoms with E-state index in [0.717, 1.165) is 13.1 Å². The number of hydrogen-bond donors (Lipinski definition) is 1. The van der Waals surface area contributed by atoms with Gasteiger partial charge < -0.3 is 14.8 Å². The molecular weight excluding hydrogens is 118 g/mol. The number of methoxy groups -OCH3 is 2. The van der Waals surface area contributed by atoms with E-state index >= 15 is 0 Å². The summed E-state index contributed by atoms with van der Waals surface area (Å²) in [5.74, 6) is 0. The van der Waals surface area contributed by atoms with Crippen LogP contribution in [0.1, 0.15) is 0 Å². The maximum atomic E-state index is 5.13. The molecule has 1 fully saturated rings. The van der Waals surface area contributed by atoms with Gasteiger partial charge in [-0.15, -0.1) is 0 Å². The molecule has 1 aliphatic rings. The quantitative estimate of drug-likeness (QED) is 0.554. The Morgan fingerprint density at radius 3 is 1.89 bits per heavy atom. The van der Waals surface area contributed by atoms with Gasteiger partial charge in [0.1, 0.15) is 0 Å². The van der Waals surface area contributed by atoms with Crippen LogP contribution in [0.3, 0.4) is 0 Å². The second kappa shape index (κ2) is 3.15. The summed E-state index contributed by atoms with van der Waals surface area (Å²) in [6.45, 7) is 1.82. The number of ether oxygens (including phenoxy) is 2. The Kier molecular flexibility index (Phi) is 2.45. The first-order valence-electron chi connectivity index (χ1n) is 3.14. The van der Waals surface area contributed by atoms with Gasteiger partial charge in [-0.3, -0.25) is 0 Å². The highest BCUT2D eigenvalue weighted by Gasteiger charge is 2.25. The summed E-state index contributed by atoms with van der Waals surface area (Å²) in [5, 5.41) is 3.17. The molecule has 0 aromatic rings. The first-order valence-corrected chi connectivity index (χ1v) is 3.14. The summed E-state index contributed by atoms with van der Waals surface area (Å²) < 4.78 is 10.3. The van der Waals surface area contributed by atoms with Gasteiger partial charge in [0.05, 0.1) is 12.2 Å². The molecule has 1 rings (SSSR count). The molecule has 3 nitrogen and oxygen atoms in total. The average molecular weight is 131 g/mol. The van der Waals surface area contributed by atoms with Gasteiger partial charge in [0.25, 0.3) is 0 Å². The molecule has 0 amide bonds. The maximum Gasteiger partial charge on any atom is 0.0969 e. The Labute approximate surface area is 55.3 Å². The number of hydrogen-bond acceptors (Lipinski definition) is 3. The van der Waals surface area contributed by atoms with Crippen molar-refractivity contribution in [3.8, 4) is 0 Å². The molecule has 2 atom stereocenters. The molecule has 0 aromatic carbocycles. The summed E-state index contributed by atoms with van der Waals surface area (Å²) in [7, 11) is 3.42. The van der Waals surface area contributed by atoms with E-state index in [1.54, 1.807) is 14.2 Å². The van der Waals surface area contributed by atoms with Gasteiger partial charge >= 0.3 is 0 Å². The van der Waals surface area contributed by atoms with E-state index in [1.807, 2.05) is 0 Å².